The van der Waals surface area contributed by atoms with Gasteiger partial charge in [-0.3, -0.25) is 0 Å². The molecule has 5 rings (SSSR count). The largest absolute Gasteiger partial charge is 0.353 e. The highest BCUT2D eigenvalue weighted by atomic mass is 15.3. The van der Waals surface area contributed by atoms with Gasteiger partial charge < -0.3 is 9.80 Å². The Morgan fingerprint density at radius 3 is 2.24 bits per heavy atom. The van der Waals surface area contributed by atoms with Gasteiger partial charge in [0.25, 0.3) is 0 Å². The van der Waals surface area contributed by atoms with Crippen molar-refractivity contribution in [2.24, 2.45) is 0 Å². The van der Waals surface area contributed by atoms with E-state index >= 15 is 0 Å². The molecule has 9 heteroatoms. The predicted molar refractivity (Wildman–Crippen MR) is 111 cm³/mol. The number of fused-ring (bicyclic) bond motifs is 1. The molecule has 0 N–H and O–H groups in total. The van der Waals surface area contributed by atoms with Crippen LogP contribution in [0.1, 0.15) is 17.2 Å². The van der Waals surface area contributed by atoms with Crippen molar-refractivity contribution in [2.75, 3.05) is 36.0 Å². The summed E-state index contributed by atoms with van der Waals surface area (Å²) < 4.78 is 3.67. The van der Waals surface area contributed by atoms with E-state index in [1.807, 2.05) is 49.8 Å². The van der Waals surface area contributed by atoms with Crippen LogP contribution in [0.3, 0.4) is 0 Å². The maximum atomic E-state index is 4.71. The lowest BCUT2D eigenvalue weighted by Crippen LogP contribution is -2.47. The first kappa shape index (κ1) is 17.6. The van der Waals surface area contributed by atoms with Gasteiger partial charge in [0.05, 0.1) is 11.9 Å². The smallest absolute Gasteiger partial charge is 0.159 e. The first-order valence-electron chi connectivity index (χ1n) is 9.76. The number of hydrogen-bond acceptors (Lipinski definition) is 7. The van der Waals surface area contributed by atoms with Crippen molar-refractivity contribution in [3.05, 3.63) is 53.9 Å². The standard InChI is InChI=1S/C20H23N9/c1-14-12-15(2)29(25-14)20-13-19(22-16(3)23-20)27-10-8-26(9-11-27)17-5-7-28-18(24-17)4-6-21-28/h4-7,12-13H,8-11H2,1-3H3. The molecule has 1 aliphatic rings. The molecule has 0 saturated carbocycles. The first-order chi connectivity index (χ1) is 14.1. The van der Waals surface area contributed by atoms with Gasteiger partial charge in [0.1, 0.15) is 17.5 Å². The third-order valence-electron chi connectivity index (χ3n) is 5.21. The highest BCUT2D eigenvalue weighted by Crippen LogP contribution is 2.21. The Balaban J connectivity index is 1.36. The molecular formula is C20H23N9. The van der Waals surface area contributed by atoms with E-state index in [1.54, 1.807) is 10.7 Å². The van der Waals surface area contributed by atoms with E-state index < -0.39 is 0 Å². The lowest BCUT2D eigenvalue weighted by Gasteiger charge is -2.36. The van der Waals surface area contributed by atoms with E-state index in [1.165, 1.54) is 0 Å². The van der Waals surface area contributed by atoms with Gasteiger partial charge in [0.2, 0.25) is 0 Å². The van der Waals surface area contributed by atoms with Crippen LogP contribution in [0.15, 0.2) is 36.7 Å². The number of rotatable bonds is 3. The Hall–Kier alpha value is -3.49. The van der Waals surface area contributed by atoms with Crippen LogP contribution in [0.4, 0.5) is 11.6 Å². The van der Waals surface area contributed by atoms with Crippen LogP contribution in [0, 0.1) is 20.8 Å². The molecule has 4 aromatic rings. The molecular weight excluding hydrogens is 366 g/mol. The number of aryl methyl sites for hydroxylation is 3. The van der Waals surface area contributed by atoms with E-state index in [9.17, 15) is 0 Å². The SMILES string of the molecule is Cc1cc(C)n(-c2cc(N3CCN(c4ccn5nccc5n4)CC3)nc(C)n2)n1. The van der Waals surface area contributed by atoms with Crippen molar-refractivity contribution in [1.29, 1.82) is 0 Å². The van der Waals surface area contributed by atoms with Gasteiger partial charge >= 0.3 is 0 Å². The van der Waals surface area contributed by atoms with Gasteiger partial charge in [-0.1, -0.05) is 0 Å². The average molecular weight is 389 g/mol. The van der Waals surface area contributed by atoms with E-state index in [0.717, 1.165) is 66.5 Å². The van der Waals surface area contributed by atoms with Crippen LogP contribution in [0.25, 0.3) is 11.5 Å². The molecule has 0 spiro atoms. The molecule has 0 amide bonds. The first-order valence-corrected chi connectivity index (χ1v) is 9.76. The summed E-state index contributed by atoms with van der Waals surface area (Å²) in [4.78, 5) is 18.6. The van der Waals surface area contributed by atoms with Crippen LogP contribution < -0.4 is 9.80 Å². The number of piperazine rings is 1. The molecule has 0 bridgehead atoms. The molecule has 0 aromatic carbocycles. The van der Waals surface area contributed by atoms with Crippen molar-refractivity contribution in [2.45, 2.75) is 20.8 Å². The minimum atomic E-state index is 0.750. The summed E-state index contributed by atoms with van der Waals surface area (Å²) in [7, 11) is 0. The van der Waals surface area contributed by atoms with Crippen LogP contribution >= 0.6 is 0 Å². The quantitative estimate of drug-likeness (QED) is 0.530. The minimum Gasteiger partial charge on any atom is -0.353 e. The molecule has 1 saturated heterocycles. The van der Waals surface area contributed by atoms with Crippen LogP contribution in [-0.4, -0.2) is 60.5 Å². The lowest BCUT2D eigenvalue weighted by atomic mass is 10.3. The fourth-order valence-corrected chi connectivity index (χ4v) is 3.81. The van der Waals surface area contributed by atoms with Crippen molar-refractivity contribution in [3.63, 3.8) is 0 Å². The fourth-order valence-electron chi connectivity index (χ4n) is 3.81. The van der Waals surface area contributed by atoms with Crippen LogP contribution in [-0.2, 0) is 0 Å². The Morgan fingerprint density at radius 1 is 0.793 bits per heavy atom. The van der Waals surface area contributed by atoms with Gasteiger partial charge in [0.15, 0.2) is 11.5 Å². The molecule has 1 fully saturated rings. The second kappa shape index (κ2) is 6.84. The molecule has 5 heterocycles. The summed E-state index contributed by atoms with van der Waals surface area (Å²) in [5.74, 6) is 3.49. The van der Waals surface area contributed by atoms with Gasteiger partial charge in [-0.05, 0) is 32.9 Å². The monoisotopic (exact) mass is 389 g/mol. The highest BCUT2D eigenvalue weighted by molar-refractivity contribution is 5.50. The topological polar surface area (TPSA) is 80.3 Å². The summed E-state index contributed by atoms with van der Waals surface area (Å²) in [6.45, 7) is 9.48. The van der Waals surface area contributed by atoms with Gasteiger partial charge in [0, 0.05) is 50.2 Å². The number of anilines is 2. The molecule has 0 aliphatic carbocycles. The second-order valence-electron chi connectivity index (χ2n) is 7.36. The molecule has 0 atom stereocenters. The fraction of sp³-hybridized carbons (Fsp3) is 0.350. The Kier molecular flexibility index (Phi) is 4.15. The Labute approximate surface area is 168 Å². The van der Waals surface area contributed by atoms with E-state index in [0.29, 0.717) is 0 Å². The van der Waals surface area contributed by atoms with E-state index in [2.05, 4.69) is 36.0 Å². The molecule has 29 heavy (non-hydrogen) atoms. The molecule has 4 aromatic heterocycles. The number of nitrogens with zero attached hydrogens (tertiary/aromatic N) is 9. The maximum absolute atomic E-state index is 4.71. The molecule has 1 aliphatic heterocycles. The Morgan fingerprint density at radius 2 is 1.52 bits per heavy atom. The molecule has 0 unspecified atom stereocenters. The summed E-state index contributed by atoms with van der Waals surface area (Å²) in [5, 5.41) is 8.78. The van der Waals surface area contributed by atoms with Crippen molar-refractivity contribution < 1.29 is 0 Å². The maximum Gasteiger partial charge on any atom is 0.159 e. The zero-order chi connectivity index (χ0) is 20.0. The number of hydrogen-bond donors (Lipinski definition) is 0. The molecule has 9 nitrogen and oxygen atoms in total. The minimum absolute atomic E-state index is 0.750. The Bertz CT molecular complexity index is 1170. The third kappa shape index (κ3) is 3.28. The molecule has 0 radical (unpaired) electrons. The third-order valence-corrected chi connectivity index (χ3v) is 5.21. The second-order valence-corrected chi connectivity index (χ2v) is 7.36. The molecule has 148 valence electrons. The van der Waals surface area contributed by atoms with Crippen LogP contribution in [0.2, 0.25) is 0 Å². The lowest BCUT2D eigenvalue weighted by molar-refractivity contribution is 0.638. The number of aromatic nitrogens is 7. The summed E-state index contributed by atoms with van der Waals surface area (Å²) >= 11 is 0. The normalized spacial score (nSPS) is 14.7. The van der Waals surface area contributed by atoms with Crippen molar-refractivity contribution in [3.8, 4) is 5.82 Å². The van der Waals surface area contributed by atoms with E-state index in [4.69, 9.17) is 4.98 Å². The van der Waals surface area contributed by atoms with Crippen LogP contribution in [0.5, 0.6) is 0 Å². The summed E-state index contributed by atoms with van der Waals surface area (Å²) in [6, 6.07) is 8.02. The van der Waals surface area contributed by atoms with Gasteiger partial charge in [-0.15, -0.1) is 0 Å². The summed E-state index contributed by atoms with van der Waals surface area (Å²) in [6.07, 6.45) is 3.72. The zero-order valence-electron chi connectivity index (χ0n) is 16.8. The zero-order valence-corrected chi connectivity index (χ0v) is 16.8. The average Bonchev–Trinajstić information content (AvgIpc) is 3.32. The van der Waals surface area contributed by atoms with Gasteiger partial charge in [-0.25, -0.2) is 24.1 Å². The van der Waals surface area contributed by atoms with E-state index in [-0.39, 0.29) is 0 Å². The summed E-state index contributed by atoms with van der Waals surface area (Å²) in [5.41, 5.74) is 2.92. The predicted octanol–water partition coefficient (Wildman–Crippen LogP) is 1.96. The van der Waals surface area contributed by atoms with Crippen molar-refractivity contribution >= 4 is 17.3 Å². The van der Waals surface area contributed by atoms with Crippen molar-refractivity contribution in [1.82, 2.24) is 34.3 Å². The highest BCUT2D eigenvalue weighted by Gasteiger charge is 2.21. The van der Waals surface area contributed by atoms with Gasteiger partial charge in [-0.2, -0.15) is 10.2 Å².